The molecule has 0 atom stereocenters. The molecular formula is C13H21N3O. The number of rotatable bonds is 8. The molecule has 0 fully saturated rings. The van der Waals surface area contributed by atoms with Crippen molar-refractivity contribution < 1.29 is 4.74 Å². The van der Waals surface area contributed by atoms with Gasteiger partial charge in [-0.1, -0.05) is 30.3 Å². The van der Waals surface area contributed by atoms with Gasteiger partial charge in [-0.2, -0.15) is 0 Å². The Morgan fingerprint density at radius 1 is 1.29 bits per heavy atom. The van der Waals surface area contributed by atoms with Crippen LogP contribution in [0.5, 0.6) is 0 Å². The van der Waals surface area contributed by atoms with Crippen LogP contribution in [0, 0.1) is 5.41 Å². The number of amidine groups is 1. The first-order valence-corrected chi connectivity index (χ1v) is 5.80. The van der Waals surface area contributed by atoms with E-state index in [1.54, 1.807) is 7.11 Å². The lowest BCUT2D eigenvalue weighted by molar-refractivity contribution is 0.145. The van der Waals surface area contributed by atoms with E-state index in [9.17, 15) is 0 Å². The van der Waals surface area contributed by atoms with Crippen molar-refractivity contribution in [3.05, 3.63) is 35.9 Å². The van der Waals surface area contributed by atoms with Crippen LogP contribution in [-0.2, 0) is 11.3 Å². The molecule has 1 aromatic carbocycles. The van der Waals surface area contributed by atoms with Crippen LogP contribution in [-0.4, -0.2) is 37.5 Å². The molecule has 0 saturated carbocycles. The van der Waals surface area contributed by atoms with E-state index in [1.165, 1.54) is 5.56 Å². The van der Waals surface area contributed by atoms with E-state index >= 15 is 0 Å². The van der Waals surface area contributed by atoms with Gasteiger partial charge in [-0.25, -0.2) is 0 Å². The minimum Gasteiger partial charge on any atom is -0.388 e. The summed E-state index contributed by atoms with van der Waals surface area (Å²) in [4.78, 5) is 2.25. The van der Waals surface area contributed by atoms with Crippen LogP contribution in [0.3, 0.4) is 0 Å². The van der Waals surface area contributed by atoms with E-state index < -0.39 is 0 Å². The Morgan fingerprint density at radius 2 is 2.00 bits per heavy atom. The Labute approximate surface area is 103 Å². The molecule has 0 bridgehead atoms. The van der Waals surface area contributed by atoms with Crippen LogP contribution in [0.4, 0.5) is 0 Å². The summed E-state index contributed by atoms with van der Waals surface area (Å²) in [5.74, 6) is 0.237. The molecule has 0 radical (unpaired) electrons. The van der Waals surface area contributed by atoms with Crippen molar-refractivity contribution in [1.29, 1.82) is 5.41 Å². The quantitative estimate of drug-likeness (QED) is 0.529. The third-order valence-corrected chi connectivity index (χ3v) is 2.56. The number of methoxy groups -OCH3 is 1. The number of ether oxygens (including phenoxy) is 1. The fourth-order valence-electron chi connectivity index (χ4n) is 1.61. The van der Waals surface area contributed by atoms with Crippen LogP contribution in [0.1, 0.15) is 12.0 Å². The third kappa shape index (κ3) is 6.04. The normalized spacial score (nSPS) is 10.7. The zero-order valence-corrected chi connectivity index (χ0v) is 10.4. The molecule has 0 aliphatic carbocycles. The molecule has 4 heteroatoms. The number of hydrogen-bond donors (Lipinski definition) is 2. The van der Waals surface area contributed by atoms with Crippen LogP contribution >= 0.6 is 0 Å². The Morgan fingerprint density at radius 3 is 2.59 bits per heavy atom. The largest absolute Gasteiger partial charge is 0.388 e. The standard InChI is InChI=1S/C13H21N3O/c1-17-10-9-16(8-7-13(14)15)11-12-5-3-2-4-6-12/h2-6H,7-11H2,1H3,(H3,14,15). The predicted octanol–water partition coefficient (Wildman–Crippen LogP) is 1.46. The second-order valence-electron chi connectivity index (χ2n) is 4.03. The highest BCUT2D eigenvalue weighted by Crippen LogP contribution is 2.04. The summed E-state index contributed by atoms with van der Waals surface area (Å²) in [5.41, 5.74) is 6.66. The summed E-state index contributed by atoms with van der Waals surface area (Å²) in [5, 5.41) is 7.26. The summed E-state index contributed by atoms with van der Waals surface area (Å²) < 4.78 is 5.09. The molecule has 0 heterocycles. The Balaban J connectivity index is 2.47. The van der Waals surface area contributed by atoms with Crippen LogP contribution in [0.25, 0.3) is 0 Å². The van der Waals surface area contributed by atoms with Gasteiger partial charge in [0.15, 0.2) is 0 Å². The van der Waals surface area contributed by atoms with Crippen molar-refractivity contribution >= 4 is 5.84 Å². The molecule has 1 rings (SSSR count). The van der Waals surface area contributed by atoms with Crippen LogP contribution in [0.2, 0.25) is 0 Å². The van der Waals surface area contributed by atoms with E-state index in [-0.39, 0.29) is 5.84 Å². The van der Waals surface area contributed by atoms with Gasteiger partial charge in [-0.15, -0.1) is 0 Å². The third-order valence-electron chi connectivity index (χ3n) is 2.56. The molecule has 17 heavy (non-hydrogen) atoms. The molecule has 3 N–H and O–H groups in total. The van der Waals surface area contributed by atoms with Crippen molar-refractivity contribution in [1.82, 2.24) is 4.90 Å². The monoisotopic (exact) mass is 235 g/mol. The van der Waals surface area contributed by atoms with Crippen molar-refractivity contribution in [2.45, 2.75) is 13.0 Å². The highest BCUT2D eigenvalue weighted by molar-refractivity contribution is 5.76. The van der Waals surface area contributed by atoms with E-state index in [2.05, 4.69) is 17.0 Å². The number of nitrogens with one attached hydrogen (secondary N) is 1. The molecule has 94 valence electrons. The molecule has 0 spiro atoms. The van der Waals surface area contributed by atoms with Crippen LogP contribution < -0.4 is 5.73 Å². The van der Waals surface area contributed by atoms with E-state index in [1.807, 2.05) is 18.2 Å². The first-order valence-electron chi connectivity index (χ1n) is 5.80. The van der Waals surface area contributed by atoms with Gasteiger partial charge in [-0.3, -0.25) is 10.3 Å². The molecular weight excluding hydrogens is 214 g/mol. The van der Waals surface area contributed by atoms with Gasteiger partial charge >= 0.3 is 0 Å². The molecule has 4 nitrogen and oxygen atoms in total. The second-order valence-corrected chi connectivity index (χ2v) is 4.03. The van der Waals surface area contributed by atoms with Gasteiger partial charge in [-0.05, 0) is 5.56 Å². The van der Waals surface area contributed by atoms with Gasteiger partial charge in [0.05, 0.1) is 12.4 Å². The zero-order chi connectivity index (χ0) is 12.5. The maximum Gasteiger partial charge on any atom is 0.0918 e. The summed E-state index contributed by atoms with van der Waals surface area (Å²) in [6, 6.07) is 10.3. The minimum absolute atomic E-state index is 0.237. The van der Waals surface area contributed by atoms with Crippen molar-refractivity contribution in [2.24, 2.45) is 5.73 Å². The Bertz CT molecular complexity index is 327. The second kappa shape index (κ2) is 7.81. The van der Waals surface area contributed by atoms with Gasteiger partial charge in [0, 0.05) is 33.2 Å². The highest BCUT2D eigenvalue weighted by atomic mass is 16.5. The number of nitrogens with two attached hydrogens (primary N) is 1. The molecule has 0 unspecified atom stereocenters. The predicted molar refractivity (Wildman–Crippen MR) is 70.1 cm³/mol. The van der Waals surface area contributed by atoms with Gasteiger partial charge in [0.1, 0.15) is 0 Å². The van der Waals surface area contributed by atoms with Gasteiger partial charge in [0.2, 0.25) is 0 Å². The fourth-order valence-corrected chi connectivity index (χ4v) is 1.61. The average molecular weight is 235 g/mol. The smallest absolute Gasteiger partial charge is 0.0918 e. The summed E-state index contributed by atoms with van der Waals surface area (Å²) in [6.07, 6.45) is 0.608. The van der Waals surface area contributed by atoms with Crippen molar-refractivity contribution in [2.75, 3.05) is 26.8 Å². The first-order chi connectivity index (χ1) is 8.22. The van der Waals surface area contributed by atoms with E-state index in [0.29, 0.717) is 13.0 Å². The molecule has 0 amide bonds. The summed E-state index contributed by atoms with van der Waals surface area (Å²) in [6.45, 7) is 3.23. The molecule has 0 saturated heterocycles. The van der Waals surface area contributed by atoms with Gasteiger partial charge < -0.3 is 10.5 Å². The Kier molecular flexibility index (Phi) is 6.29. The summed E-state index contributed by atoms with van der Waals surface area (Å²) in [7, 11) is 1.70. The Hall–Kier alpha value is -1.39. The fraction of sp³-hybridized carbons (Fsp3) is 0.462. The zero-order valence-electron chi connectivity index (χ0n) is 10.4. The minimum atomic E-state index is 0.237. The van der Waals surface area contributed by atoms with Crippen molar-refractivity contribution in [3.8, 4) is 0 Å². The lowest BCUT2D eigenvalue weighted by atomic mass is 10.2. The number of benzene rings is 1. The maximum atomic E-state index is 7.26. The van der Waals surface area contributed by atoms with Crippen molar-refractivity contribution in [3.63, 3.8) is 0 Å². The highest BCUT2D eigenvalue weighted by Gasteiger charge is 2.06. The molecule has 1 aromatic rings. The lowest BCUT2D eigenvalue weighted by Crippen LogP contribution is -2.30. The van der Waals surface area contributed by atoms with Crippen LogP contribution in [0.15, 0.2) is 30.3 Å². The first kappa shape index (κ1) is 13.7. The summed E-state index contributed by atoms with van der Waals surface area (Å²) >= 11 is 0. The molecule has 0 aromatic heterocycles. The SMILES string of the molecule is COCCN(CCC(=N)N)Cc1ccccc1. The van der Waals surface area contributed by atoms with E-state index in [4.69, 9.17) is 15.9 Å². The van der Waals surface area contributed by atoms with Gasteiger partial charge in [0.25, 0.3) is 0 Å². The number of hydrogen-bond acceptors (Lipinski definition) is 3. The molecule has 0 aliphatic heterocycles. The maximum absolute atomic E-state index is 7.26. The topological polar surface area (TPSA) is 62.3 Å². The lowest BCUT2D eigenvalue weighted by Gasteiger charge is -2.21. The molecule has 0 aliphatic rings. The number of nitrogens with zero attached hydrogens (tertiary/aromatic N) is 1. The van der Waals surface area contributed by atoms with E-state index in [0.717, 1.165) is 19.6 Å². The average Bonchev–Trinajstić information content (AvgIpc) is 2.34.